The molecule has 7 heteroatoms. The molecule has 0 unspecified atom stereocenters. The highest BCUT2D eigenvalue weighted by molar-refractivity contribution is 5.90. The Morgan fingerprint density at radius 1 is 1.43 bits per heavy atom. The number of hydrogen-bond acceptors (Lipinski definition) is 5. The molecule has 0 saturated carbocycles. The van der Waals surface area contributed by atoms with Crippen LogP contribution in [0.5, 0.6) is 0 Å². The molecule has 7 nitrogen and oxygen atoms in total. The molecule has 0 spiro atoms. The van der Waals surface area contributed by atoms with E-state index in [1.54, 1.807) is 36.3 Å². The Kier molecular flexibility index (Phi) is 4.76. The number of aromatic nitrogens is 1. The van der Waals surface area contributed by atoms with E-state index in [1.807, 2.05) is 0 Å². The third kappa shape index (κ3) is 4.48. The summed E-state index contributed by atoms with van der Waals surface area (Å²) in [4.78, 5) is 24.9. The van der Waals surface area contributed by atoms with Gasteiger partial charge in [-0.3, -0.25) is 9.59 Å². The monoisotopic (exact) mass is 291 g/mol. The van der Waals surface area contributed by atoms with E-state index in [-0.39, 0.29) is 18.2 Å². The van der Waals surface area contributed by atoms with Crippen LogP contribution in [-0.2, 0) is 16.1 Å². The van der Waals surface area contributed by atoms with Crippen molar-refractivity contribution in [1.29, 1.82) is 0 Å². The number of rotatable bonds is 6. The van der Waals surface area contributed by atoms with Crippen LogP contribution in [0, 0.1) is 6.92 Å². The van der Waals surface area contributed by atoms with Crippen molar-refractivity contribution in [3.05, 3.63) is 36.0 Å². The number of aryl methyl sites for hydroxylation is 1. The van der Waals surface area contributed by atoms with E-state index in [9.17, 15) is 9.59 Å². The molecule has 21 heavy (non-hydrogen) atoms. The highest BCUT2D eigenvalue weighted by Crippen LogP contribution is 2.09. The molecular formula is C14H17N3O4. The van der Waals surface area contributed by atoms with Crippen molar-refractivity contribution in [2.24, 2.45) is 0 Å². The molecule has 2 aromatic heterocycles. The third-order valence-electron chi connectivity index (χ3n) is 2.88. The first-order valence-corrected chi connectivity index (χ1v) is 6.55. The summed E-state index contributed by atoms with van der Waals surface area (Å²) >= 11 is 0. The molecule has 0 atom stereocenters. The predicted molar refractivity (Wildman–Crippen MR) is 74.3 cm³/mol. The minimum absolute atomic E-state index is 0.114. The zero-order valence-electron chi connectivity index (χ0n) is 12.0. The molecule has 0 bridgehead atoms. The Morgan fingerprint density at radius 3 is 2.81 bits per heavy atom. The molecule has 2 heterocycles. The highest BCUT2D eigenvalue weighted by Gasteiger charge is 2.14. The van der Waals surface area contributed by atoms with Gasteiger partial charge in [-0.25, -0.2) is 0 Å². The normalized spacial score (nSPS) is 10.4. The summed E-state index contributed by atoms with van der Waals surface area (Å²) in [5.41, 5.74) is 0. The van der Waals surface area contributed by atoms with Crippen LogP contribution in [-0.4, -0.2) is 28.4 Å². The minimum atomic E-state index is -0.228. The van der Waals surface area contributed by atoms with Crippen LogP contribution in [0.2, 0.25) is 0 Å². The van der Waals surface area contributed by atoms with Crippen molar-refractivity contribution in [2.45, 2.75) is 26.8 Å². The zero-order chi connectivity index (χ0) is 15.2. The van der Waals surface area contributed by atoms with Gasteiger partial charge < -0.3 is 19.2 Å². The Bertz CT molecular complexity index is 604. The number of anilines is 1. The largest absolute Gasteiger partial charge is 0.467 e. The lowest BCUT2D eigenvalue weighted by atomic mass is 10.3. The second-order valence-electron chi connectivity index (χ2n) is 4.64. The van der Waals surface area contributed by atoms with Gasteiger partial charge in [-0.05, 0) is 19.1 Å². The summed E-state index contributed by atoms with van der Waals surface area (Å²) in [6.45, 7) is 3.85. The summed E-state index contributed by atoms with van der Waals surface area (Å²) in [6, 6.07) is 5.17. The summed E-state index contributed by atoms with van der Waals surface area (Å²) in [6.07, 6.45) is 1.72. The summed E-state index contributed by atoms with van der Waals surface area (Å²) in [5, 5.41) is 6.29. The number of carbonyl (C=O) groups is 2. The SMILES string of the molecule is CC(=O)N(CCC(=O)Nc1cc(C)on1)Cc1ccco1. The van der Waals surface area contributed by atoms with Gasteiger partial charge in [0.25, 0.3) is 0 Å². The first-order chi connectivity index (χ1) is 10.0. The standard InChI is InChI=1S/C14H17N3O4/c1-10-8-13(16-21-10)15-14(19)5-6-17(11(2)18)9-12-4-3-7-20-12/h3-4,7-8H,5-6,9H2,1-2H3,(H,15,16,19). The van der Waals surface area contributed by atoms with Gasteiger partial charge >= 0.3 is 0 Å². The fraction of sp³-hybridized carbons (Fsp3) is 0.357. The Balaban J connectivity index is 1.83. The number of furan rings is 1. The van der Waals surface area contributed by atoms with E-state index < -0.39 is 0 Å². The Labute approximate surface area is 121 Å². The van der Waals surface area contributed by atoms with Crippen molar-refractivity contribution < 1.29 is 18.5 Å². The molecule has 1 N–H and O–H groups in total. The summed E-state index contributed by atoms with van der Waals surface area (Å²) in [5.74, 6) is 1.33. The maximum Gasteiger partial charge on any atom is 0.227 e. The maximum absolute atomic E-state index is 11.8. The number of nitrogens with zero attached hydrogens (tertiary/aromatic N) is 2. The van der Waals surface area contributed by atoms with Gasteiger partial charge in [0.05, 0.1) is 12.8 Å². The van der Waals surface area contributed by atoms with Crippen LogP contribution >= 0.6 is 0 Å². The highest BCUT2D eigenvalue weighted by atomic mass is 16.5. The van der Waals surface area contributed by atoms with E-state index in [4.69, 9.17) is 8.94 Å². The van der Waals surface area contributed by atoms with Crippen LogP contribution in [0.4, 0.5) is 5.82 Å². The molecule has 0 saturated heterocycles. The van der Waals surface area contributed by atoms with Crippen LogP contribution in [0.25, 0.3) is 0 Å². The molecule has 0 aromatic carbocycles. The lowest BCUT2D eigenvalue weighted by Crippen LogP contribution is -2.31. The van der Waals surface area contributed by atoms with Crippen molar-refractivity contribution in [3.8, 4) is 0 Å². The first kappa shape index (κ1) is 14.8. The summed E-state index contributed by atoms with van der Waals surface area (Å²) in [7, 11) is 0. The maximum atomic E-state index is 11.8. The van der Waals surface area contributed by atoms with Crippen LogP contribution < -0.4 is 5.32 Å². The molecule has 0 aliphatic rings. The lowest BCUT2D eigenvalue weighted by Gasteiger charge is -2.19. The van der Waals surface area contributed by atoms with Gasteiger partial charge in [-0.2, -0.15) is 0 Å². The molecule has 0 radical (unpaired) electrons. The lowest BCUT2D eigenvalue weighted by molar-refractivity contribution is -0.130. The van der Waals surface area contributed by atoms with E-state index in [0.717, 1.165) is 0 Å². The average Bonchev–Trinajstić information content (AvgIpc) is 3.06. The van der Waals surface area contributed by atoms with E-state index in [2.05, 4.69) is 10.5 Å². The van der Waals surface area contributed by atoms with Gasteiger partial charge in [-0.15, -0.1) is 0 Å². The van der Waals surface area contributed by atoms with Gasteiger partial charge in [0, 0.05) is 26.0 Å². The first-order valence-electron chi connectivity index (χ1n) is 6.55. The smallest absolute Gasteiger partial charge is 0.227 e. The van der Waals surface area contributed by atoms with Gasteiger partial charge in [0.15, 0.2) is 5.82 Å². The minimum Gasteiger partial charge on any atom is -0.467 e. The van der Waals surface area contributed by atoms with Gasteiger partial charge in [-0.1, -0.05) is 5.16 Å². The van der Waals surface area contributed by atoms with E-state index in [0.29, 0.717) is 30.4 Å². The van der Waals surface area contributed by atoms with Crippen molar-refractivity contribution in [3.63, 3.8) is 0 Å². The molecule has 2 amide bonds. The fourth-order valence-electron chi connectivity index (χ4n) is 1.81. The Hall–Kier alpha value is -2.57. The molecule has 0 aliphatic carbocycles. The van der Waals surface area contributed by atoms with Crippen LogP contribution in [0.3, 0.4) is 0 Å². The van der Waals surface area contributed by atoms with Crippen molar-refractivity contribution >= 4 is 17.6 Å². The summed E-state index contributed by atoms with van der Waals surface area (Å²) < 4.78 is 10.1. The molecule has 2 aromatic rings. The van der Waals surface area contributed by atoms with Crippen molar-refractivity contribution in [2.75, 3.05) is 11.9 Å². The quantitative estimate of drug-likeness (QED) is 0.878. The molecule has 0 aliphatic heterocycles. The van der Waals surface area contributed by atoms with Crippen LogP contribution in [0.15, 0.2) is 33.4 Å². The number of hydrogen-bond donors (Lipinski definition) is 1. The average molecular weight is 291 g/mol. The van der Waals surface area contributed by atoms with Crippen LogP contribution in [0.1, 0.15) is 24.9 Å². The van der Waals surface area contributed by atoms with Gasteiger partial charge in [0.1, 0.15) is 11.5 Å². The van der Waals surface area contributed by atoms with Gasteiger partial charge in [0.2, 0.25) is 11.8 Å². The molecular weight excluding hydrogens is 274 g/mol. The number of carbonyl (C=O) groups excluding carboxylic acids is 2. The van der Waals surface area contributed by atoms with Crippen molar-refractivity contribution in [1.82, 2.24) is 10.1 Å². The second kappa shape index (κ2) is 6.74. The second-order valence-corrected chi connectivity index (χ2v) is 4.64. The molecule has 2 rings (SSSR count). The molecule has 112 valence electrons. The molecule has 0 fully saturated rings. The zero-order valence-corrected chi connectivity index (χ0v) is 12.0. The topological polar surface area (TPSA) is 88.6 Å². The van der Waals surface area contributed by atoms with E-state index in [1.165, 1.54) is 6.92 Å². The van der Waals surface area contributed by atoms with E-state index >= 15 is 0 Å². The number of amides is 2. The number of nitrogens with one attached hydrogen (secondary N) is 1. The third-order valence-corrected chi connectivity index (χ3v) is 2.88. The Morgan fingerprint density at radius 2 is 2.24 bits per heavy atom. The fourth-order valence-corrected chi connectivity index (χ4v) is 1.81. The predicted octanol–water partition coefficient (Wildman–Crippen LogP) is 1.95.